The van der Waals surface area contributed by atoms with Crippen molar-refractivity contribution in [1.29, 1.82) is 0 Å². The van der Waals surface area contributed by atoms with E-state index in [4.69, 9.17) is 30.3 Å². The number of carboxylic acid groups (broad SMARTS) is 1. The summed E-state index contributed by atoms with van der Waals surface area (Å²) in [5.74, 6) is -2.30. The van der Waals surface area contributed by atoms with Crippen molar-refractivity contribution in [2.24, 2.45) is 5.16 Å². The maximum atomic E-state index is 12.2. The topological polar surface area (TPSA) is 146 Å². The summed E-state index contributed by atoms with van der Waals surface area (Å²) in [5, 5.41) is 15.5. The number of hydrogen-bond donors (Lipinski definition) is 2. The fourth-order valence-electron chi connectivity index (χ4n) is 1.97. The molecule has 0 aliphatic heterocycles. The molecule has 1 atom stereocenters. The van der Waals surface area contributed by atoms with Crippen LogP contribution in [0.4, 0.5) is 9.93 Å². The Bertz CT molecular complexity index is 943. The van der Waals surface area contributed by atoms with Crippen LogP contribution in [-0.2, 0) is 28.2 Å². The van der Waals surface area contributed by atoms with Crippen LogP contribution >= 0.6 is 22.9 Å². The molecule has 0 aliphatic rings. The van der Waals surface area contributed by atoms with Gasteiger partial charge in [0, 0.05) is 0 Å². The first-order valence-electron chi connectivity index (χ1n) is 10.2. The molecule has 0 aliphatic carbocycles. The first-order chi connectivity index (χ1) is 15.4. The van der Waals surface area contributed by atoms with E-state index < -0.39 is 43.8 Å². The number of hydrogen-bond acceptors (Lipinski definition) is 10. The van der Waals surface area contributed by atoms with E-state index in [1.807, 2.05) is 33.9 Å². The van der Waals surface area contributed by atoms with E-state index in [0.29, 0.717) is 0 Å². The van der Waals surface area contributed by atoms with Crippen molar-refractivity contribution in [2.45, 2.75) is 71.4 Å². The van der Waals surface area contributed by atoms with Crippen molar-refractivity contribution in [3.8, 4) is 0 Å². The highest BCUT2D eigenvalue weighted by Gasteiger charge is 2.39. The number of carbonyl (C=O) groups excluding carboxylic acids is 2. The Morgan fingerprint density at radius 3 is 2.29 bits per heavy atom. The molecule has 1 rings (SSSR count). The van der Waals surface area contributed by atoms with Gasteiger partial charge in [-0.1, -0.05) is 48.9 Å². The molecule has 11 nitrogen and oxygen atoms in total. The van der Waals surface area contributed by atoms with Crippen molar-refractivity contribution in [1.82, 2.24) is 4.98 Å². The first kappa shape index (κ1) is 29.9. The minimum absolute atomic E-state index is 0.00558. The van der Waals surface area contributed by atoms with Gasteiger partial charge in [0.25, 0.3) is 0 Å². The van der Waals surface area contributed by atoms with Gasteiger partial charge in [-0.15, -0.1) is 0 Å². The molecule has 34 heavy (non-hydrogen) atoms. The Balaban J connectivity index is 3.12. The summed E-state index contributed by atoms with van der Waals surface area (Å²) in [4.78, 5) is 45.2. The summed E-state index contributed by atoms with van der Waals surface area (Å²) in [5.41, 5.74) is -1.66. The molecular formula is C19H31BClN3O8SSi. The molecule has 0 bridgehead atoms. The van der Waals surface area contributed by atoms with Gasteiger partial charge in [-0.25, -0.2) is 19.4 Å². The van der Waals surface area contributed by atoms with Crippen LogP contribution in [0.25, 0.3) is 0 Å². The third kappa shape index (κ3) is 8.89. The van der Waals surface area contributed by atoms with Crippen LogP contribution in [0.2, 0.25) is 22.5 Å². The fourth-order valence-corrected chi connectivity index (χ4v) is 4.00. The Morgan fingerprint density at radius 2 is 1.82 bits per heavy atom. The van der Waals surface area contributed by atoms with Gasteiger partial charge in [0.1, 0.15) is 15.6 Å². The number of aliphatic carboxylic acids is 1. The van der Waals surface area contributed by atoms with Gasteiger partial charge in [0.15, 0.2) is 13.4 Å². The number of aromatic nitrogens is 1. The van der Waals surface area contributed by atoms with E-state index in [9.17, 15) is 19.5 Å². The zero-order chi connectivity index (χ0) is 26.5. The number of amides is 1. The van der Waals surface area contributed by atoms with Crippen LogP contribution in [0.5, 0.6) is 0 Å². The number of oxime groups is 1. The van der Waals surface area contributed by atoms with E-state index in [0.717, 1.165) is 11.3 Å². The summed E-state index contributed by atoms with van der Waals surface area (Å²) >= 11 is 6.94. The largest absolute Gasteiger partial charge is 0.541 e. The molecule has 0 saturated heterocycles. The van der Waals surface area contributed by atoms with E-state index in [1.54, 1.807) is 20.8 Å². The molecule has 1 aromatic rings. The number of anilines is 1. The molecule has 190 valence electrons. The van der Waals surface area contributed by atoms with Crippen LogP contribution in [0.1, 0.15) is 47.2 Å². The molecule has 1 heterocycles. The lowest BCUT2D eigenvalue weighted by atomic mass is 10.2. The van der Waals surface area contributed by atoms with Crippen molar-refractivity contribution >= 4 is 68.2 Å². The van der Waals surface area contributed by atoms with E-state index in [2.05, 4.69) is 15.5 Å². The van der Waals surface area contributed by atoms with Crippen LogP contribution < -0.4 is 5.32 Å². The number of ether oxygens (including phenoxy) is 1. The summed E-state index contributed by atoms with van der Waals surface area (Å²) < 4.78 is 15.8. The standard InChI is InChI=1S/C19H31BClN3O8SSi/c1-18(2,3)30-17(28)23-16-22-11(13(21)33-16)12(14(25)26)24-32-10(15(27)31-20)9-29-34(7,8)19(4,5)6/h10H,9,20H2,1-8H3,(H,25,26)(H,22,23,28)/b24-12-/t10-/m0/s1. The average Bonchev–Trinajstić information content (AvgIpc) is 3.00. The molecular weight excluding hydrogens is 505 g/mol. The summed E-state index contributed by atoms with van der Waals surface area (Å²) in [7, 11) is -1.08. The molecule has 1 amide bonds. The lowest BCUT2D eigenvalue weighted by Crippen LogP contribution is -2.44. The van der Waals surface area contributed by atoms with Crippen molar-refractivity contribution in [2.75, 3.05) is 11.9 Å². The minimum Gasteiger partial charge on any atom is -0.541 e. The van der Waals surface area contributed by atoms with Gasteiger partial charge in [-0.3, -0.25) is 5.32 Å². The van der Waals surface area contributed by atoms with E-state index in [-0.39, 0.29) is 26.8 Å². The molecule has 0 aromatic carbocycles. The third-order valence-corrected chi connectivity index (χ3v) is 10.4. The summed E-state index contributed by atoms with van der Waals surface area (Å²) in [6.07, 6.45) is -2.10. The Hall–Kier alpha value is -2.16. The van der Waals surface area contributed by atoms with Crippen molar-refractivity contribution in [3.63, 3.8) is 0 Å². The van der Waals surface area contributed by atoms with E-state index >= 15 is 0 Å². The highest BCUT2D eigenvalue weighted by atomic mass is 35.5. The summed E-state index contributed by atoms with van der Waals surface area (Å²) in [6.45, 7) is 14.9. The predicted octanol–water partition coefficient (Wildman–Crippen LogP) is 3.43. The minimum atomic E-state index is -2.24. The number of carbonyl (C=O) groups is 3. The molecule has 2 N–H and O–H groups in total. The second kappa shape index (κ2) is 11.5. The average molecular weight is 536 g/mol. The fraction of sp³-hybridized carbons (Fsp3) is 0.632. The Labute approximate surface area is 209 Å². The Kier molecular flexibility index (Phi) is 10.1. The van der Waals surface area contributed by atoms with Gasteiger partial charge in [0.2, 0.25) is 11.8 Å². The van der Waals surface area contributed by atoms with Crippen molar-refractivity contribution in [3.05, 3.63) is 10.0 Å². The van der Waals surface area contributed by atoms with Gasteiger partial charge in [0.05, 0.1) is 6.61 Å². The van der Waals surface area contributed by atoms with Crippen LogP contribution in [-0.4, -0.2) is 68.5 Å². The number of rotatable bonds is 9. The quantitative estimate of drug-likeness (QED) is 0.276. The van der Waals surface area contributed by atoms with Gasteiger partial charge < -0.3 is 23.8 Å². The first-order valence-corrected chi connectivity index (χ1v) is 14.3. The zero-order valence-electron chi connectivity index (χ0n) is 20.8. The molecule has 15 heteroatoms. The number of nitrogens with zero attached hydrogens (tertiary/aromatic N) is 2. The smallest absolute Gasteiger partial charge is 0.413 e. The molecule has 1 aromatic heterocycles. The lowest BCUT2D eigenvalue weighted by Gasteiger charge is -2.36. The third-order valence-electron chi connectivity index (χ3n) is 4.76. The SMILES string of the molecule is BOC(=O)[C@H](CO[Si](C)(C)C(C)(C)C)O/N=C(\C(=O)O)c1nc(NC(=O)OC(C)(C)C)sc1Cl. The second-order valence-electron chi connectivity index (χ2n) is 9.70. The Morgan fingerprint density at radius 1 is 1.24 bits per heavy atom. The normalized spacial score (nSPS) is 13.7. The highest BCUT2D eigenvalue weighted by molar-refractivity contribution is 7.20. The van der Waals surface area contributed by atoms with Crippen LogP contribution in [0.15, 0.2) is 5.16 Å². The van der Waals surface area contributed by atoms with Crippen molar-refractivity contribution < 1.29 is 38.1 Å². The lowest BCUT2D eigenvalue weighted by molar-refractivity contribution is -0.149. The van der Waals surface area contributed by atoms with Gasteiger partial charge >= 0.3 is 26.1 Å². The second-order valence-corrected chi connectivity index (χ2v) is 16.1. The van der Waals surface area contributed by atoms with E-state index in [1.165, 1.54) is 8.05 Å². The highest BCUT2D eigenvalue weighted by Crippen LogP contribution is 2.36. The van der Waals surface area contributed by atoms with Crippen LogP contribution in [0, 0.1) is 0 Å². The molecule has 0 unspecified atom stereocenters. The van der Waals surface area contributed by atoms with Gasteiger partial charge in [-0.2, -0.15) is 0 Å². The maximum Gasteiger partial charge on any atom is 0.413 e. The molecule has 0 saturated carbocycles. The number of thiazole rings is 1. The zero-order valence-corrected chi connectivity index (χ0v) is 23.3. The molecule has 0 radical (unpaired) electrons. The maximum absolute atomic E-state index is 12.2. The molecule has 0 spiro atoms. The number of carboxylic acids is 1. The van der Waals surface area contributed by atoms with Gasteiger partial charge in [-0.05, 0) is 38.9 Å². The molecule has 0 fully saturated rings. The summed E-state index contributed by atoms with van der Waals surface area (Å²) in [6, 6.07) is 0. The number of nitrogens with one attached hydrogen (secondary N) is 1. The van der Waals surface area contributed by atoms with Crippen LogP contribution in [0.3, 0.4) is 0 Å². The number of halogens is 1. The predicted molar refractivity (Wildman–Crippen MR) is 134 cm³/mol. The monoisotopic (exact) mass is 535 g/mol.